The van der Waals surface area contributed by atoms with E-state index in [2.05, 4.69) is 30.2 Å². The summed E-state index contributed by atoms with van der Waals surface area (Å²) in [5.74, 6) is -0.512. The van der Waals surface area contributed by atoms with Gasteiger partial charge in [0.25, 0.3) is 17.4 Å². The van der Waals surface area contributed by atoms with Gasteiger partial charge in [0.1, 0.15) is 17.5 Å². The Kier molecular flexibility index (Phi) is 12.2. The number of aromatic nitrogens is 1. The molecule has 1 atom stereocenters. The molecule has 1 saturated carbocycles. The number of fused-ring (bicyclic) bond motifs is 2. The predicted octanol–water partition coefficient (Wildman–Crippen LogP) is 2.67. The molecular weight excluding hydrogens is 831 g/mol. The number of aryl methyl sites for hydroxylation is 1. The number of ether oxygens (including phenoxy) is 2. The van der Waals surface area contributed by atoms with Crippen molar-refractivity contribution in [1.29, 1.82) is 0 Å². The molecular formula is C48H61N9O8. The third kappa shape index (κ3) is 8.61. The van der Waals surface area contributed by atoms with Crippen molar-refractivity contribution in [2.24, 2.45) is 12.5 Å². The first kappa shape index (κ1) is 44.4. The molecule has 6 amide bonds. The number of methoxy groups -OCH3 is 2. The number of carbonyl (C=O) groups excluding carboxylic acids is 5. The topological polar surface area (TPSA) is 169 Å². The molecule has 1 spiro atoms. The maximum absolute atomic E-state index is 13.6. The quantitative estimate of drug-likeness (QED) is 0.191. The first-order chi connectivity index (χ1) is 31.2. The number of rotatable bonds is 13. The number of likely N-dealkylation sites (tertiary alicyclic amines) is 1. The van der Waals surface area contributed by atoms with Crippen LogP contribution >= 0.6 is 0 Å². The van der Waals surface area contributed by atoms with E-state index in [0.29, 0.717) is 36.2 Å². The van der Waals surface area contributed by atoms with Gasteiger partial charge in [-0.2, -0.15) is 0 Å². The van der Waals surface area contributed by atoms with Crippen molar-refractivity contribution in [2.75, 3.05) is 92.1 Å². The Hall–Kier alpha value is -5.78. The summed E-state index contributed by atoms with van der Waals surface area (Å²) < 4.78 is 13.2. The van der Waals surface area contributed by atoms with Crippen molar-refractivity contribution in [3.8, 4) is 22.6 Å². The fourth-order valence-electron chi connectivity index (χ4n) is 11.1. The van der Waals surface area contributed by atoms with E-state index < -0.39 is 29.7 Å². The smallest absolute Gasteiger partial charge is 0.317 e. The number of amides is 6. The van der Waals surface area contributed by atoms with Crippen molar-refractivity contribution in [3.05, 3.63) is 74.7 Å². The van der Waals surface area contributed by atoms with Crippen LogP contribution in [0.25, 0.3) is 11.1 Å². The van der Waals surface area contributed by atoms with E-state index in [1.165, 1.54) is 0 Å². The molecule has 4 fully saturated rings. The van der Waals surface area contributed by atoms with Crippen molar-refractivity contribution in [1.82, 2.24) is 39.7 Å². The Morgan fingerprint density at radius 1 is 0.831 bits per heavy atom. The molecule has 17 heteroatoms. The van der Waals surface area contributed by atoms with Gasteiger partial charge in [-0.25, -0.2) is 4.79 Å². The van der Waals surface area contributed by atoms with Gasteiger partial charge in [-0.05, 0) is 113 Å². The molecule has 65 heavy (non-hydrogen) atoms. The third-order valence-corrected chi connectivity index (χ3v) is 14.4. The molecule has 3 aromatic rings. The molecule has 2 N–H and O–H groups in total. The monoisotopic (exact) mass is 891 g/mol. The van der Waals surface area contributed by atoms with Crippen LogP contribution in [0, 0.1) is 5.41 Å². The maximum Gasteiger partial charge on any atom is 0.317 e. The van der Waals surface area contributed by atoms with E-state index in [-0.39, 0.29) is 42.4 Å². The van der Waals surface area contributed by atoms with Crippen molar-refractivity contribution in [2.45, 2.75) is 70.1 Å². The van der Waals surface area contributed by atoms with Gasteiger partial charge < -0.3 is 39.0 Å². The third-order valence-electron chi connectivity index (χ3n) is 14.4. The summed E-state index contributed by atoms with van der Waals surface area (Å²) in [6, 6.07) is 8.43. The van der Waals surface area contributed by atoms with Crippen LogP contribution in [-0.4, -0.2) is 158 Å². The van der Waals surface area contributed by atoms with E-state index >= 15 is 0 Å². The van der Waals surface area contributed by atoms with Gasteiger partial charge in [0, 0.05) is 94.9 Å². The Bertz CT molecular complexity index is 2440. The standard InChI is InChI=1S/C48H61N9O8/c1-51(2)25-38-40(64-4)20-30(21-41(38)65-5)36-26-52(3)44(60)37-27-56(15-12-33(36)37)47(63)49-31-23-48(24-31)28-54(29-48)14-7-6-13-53-16-18-55(19-17-53)32-8-9-34-35(22-32)46(62)57(45(34)61)39-10-11-42(58)50-43(39)59/h8-9,20-22,26,31,39H,6-7,10-19,23-25,27-29H2,1-5H3,(H,49,63)(H,50,58,59). The number of carbonyl (C=O) groups is 5. The van der Waals surface area contributed by atoms with Gasteiger partial charge in [-0.1, -0.05) is 0 Å². The second kappa shape index (κ2) is 17.9. The first-order valence-corrected chi connectivity index (χ1v) is 23.0. The average molecular weight is 892 g/mol. The summed E-state index contributed by atoms with van der Waals surface area (Å²) in [6.07, 6.45) is 6.90. The molecule has 1 aromatic heterocycles. The number of nitrogens with zero attached hydrogens (tertiary/aromatic N) is 7. The molecule has 1 unspecified atom stereocenters. The largest absolute Gasteiger partial charge is 0.496 e. The number of anilines is 1. The van der Waals surface area contributed by atoms with E-state index in [1.54, 1.807) is 42.9 Å². The van der Waals surface area contributed by atoms with E-state index in [4.69, 9.17) is 9.47 Å². The Balaban J connectivity index is 0.693. The van der Waals surface area contributed by atoms with Crippen LogP contribution in [-0.2, 0) is 36.1 Å². The average Bonchev–Trinajstić information content (AvgIpc) is 3.51. The number of piperazine rings is 1. The lowest BCUT2D eigenvalue weighted by molar-refractivity contribution is -0.136. The van der Waals surface area contributed by atoms with Gasteiger partial charge in [0.15, 0.2) is 0 Å². The fourth-order valence-corrected chi connectivity index (χ4v) is 11.1. The van der Waals surface area contributed by atoms with Crippen LogP contribution in [0.1, 0.15) is 75.9 Å². The Labute approximate surface area is 379 Å². The summed E-state index contributed by atoms with van der Waals surface area (Å²) in [5.41, 5.74) is 6.14. The van der Waals surface area contributed by atoms with Crippen LogP contribution in [0.15, 0.2) is 41.3 Å². The van der Waals surface area contributed by atoms with Crippen LogP contribution in [0.2, 0.25) is 0 Å². The lowest BCUT2D eigenvalue weighted by Gasteiger charge is -2.59. The second-order valence-electron chi connectivity index (χ2n) is 19.2. The van der Waals surface area contributed by atoms with Gasteiger partial charge in [0.05, 0.1) is 37.5 Å². The van der Waals surface area contributed by atoms with Crippen LogP contribution in [0.3, 0.4) is 0 Å². The zero-order chi connectivity index (χ0) is 45.7. The summed E-state index contributed by atoms with van der Waals surface area (Å²) in [5, 5.41) is 5.53. The van der Waals surface area contributed by atoms with E-state index in [1.807, 2.05) is 38.5 Å². The summed E-state index contributed by atoms with van der Waals surface area (Å²) in [4.78, 5) is 89.7. The molecule has 346 valence electrons. The lowest BCUT2D eigenvalue weighted by Crippen LogP contribution is -2.67. The molecule has 6 heterocycles. The van der Waals surface area contributed by atoms with Gasteiger partial charge in [-0.15, -0.1) is 0 Å². The molecule has 5 aliphatic heterocycles. The molecule has 9 rings (SSSR count). The number of pyridine rings is 1. The highest BCUT2D eigenvalue weighted by molar-refractivity contribution is 6.23. The number of imide groups is 2. The number of unbranched alkanes of at least 4 members (excludes halogenated alkanes) is 1. The van der Waals surface area contributed by atoms with E-state index in [0.717, 1.165) is 122 Å². The van der Waals surface area contributed by atoms with Gasteiger partial charge in [-0.3, -0.25) is 39.1 Å². The highest BCUT2D eigenvalue weighted by Crippen LogP contribution is 2.48. The highest BCUT2D eigenvalue weighted by Gasteiger charge is 2.52. The van der Waals surface area contributed by atoms with Crippen LogP contribution in [0.5, 0.6) is 11.5 Å². The Morgan fingerprint density at radius 2 is 1.51 bits per heavy atom. The molecule has 3 saturated heterocycles. The first-order valence-electron chi connectivity index (χ1n) is 23.0. The molecule has 6 aliphatic rings. The fraction of sp³-hybridized carbons (Fsp3) is 0.542. The minimum Gasteiger partial charge on any atom is -0.496 e. The number of urea groups is 1. The number of nitrogens with one attached hydrogen (secondary N) is 2. The summed E-state index contributed by atoms with van der Waals surface area (Å²) in [6.45, 7) is 9.13. The minimum absolute atomic E-state index is 0.0844. The normalized spacial score (nSPS) is 21.0. The van der Waals surface area contributed by atoms with E-state index in [9.17, 15) is 28.8 Å². The van der Waals surface area contributed by atoms with Crippen molar-refractivity contribution < 1.29 is 33.4 Å². The molecule has 2 aromatic carbocycles. The molecule has 1 aliphatic carbocycles. The zero-order valence-corrected chi connectivity index (χ0v) is 38.2. The van der Waals surface area contributed by atoms with Crippen LogP contribution in [0.4, 0.5) is 10.5 Å². The number of hydrogen-bond acceptors (Lipinski definition) is 12. The minimum atomic E-state index is -0.970. The zero-order valence-electron chi connectivity index (χ0n) is 38.2. The molecule has 0 bridgehead atoms. The van der Waals surface area contributed by atoms with Gasteiger partial charge in [0.2, 0.25) is 11.8 Å². The number of benzene rings is 2. The maximum atomic E-state index is 13.6. The number of hydrogen-bond donors (Lipinski definition) is 2. The number of piperidine rings is 1. The van der Waals surface area contributed by atoms with Crippen molar-refractivity contribution in [3.63, 3.8) is 0 Å². The molecule has 17 nitrogen and oxygen atoms in total. The Morgan fingerprint density at radius 3 is 2.17 bits per heavy atom. The molecule has 0 radical (unpaired) electrons. The van der Waals surface area contributed by atoms with Gasteiger partial charge >= 0.3 is 6.03 Å². The predicted molar refractivity (Wildman–Crippen MR) is 243 cm³/mol. The lowest BCUT2D eigenvalue weighted by atomic mass is 9.60. The summed E-state index contributed by atoms with van der Waals surface area (Å²) in [7, 11) is 9.08. The van der Waals surface area contributed by atoms with Crippen LogP contribution < -0.4 is 30.6 Å². The highest BCUT2D eigenvalue weighted by atomic mass is 16.5. The second-order valence-corrected chi connectivity index (χ2v) is 19.2. The SMILES string of the molecule is COc1cc(-c2cn(C)c(=O)c3c2CCN(C(=O)NC2CC4(C2)CN(CCCCN2CCN(c5ccc6c(c5)C(=O)N(C5CCC(=O)NC5=O)C6=O)CC2)C4)C3)cc(OC)c1CN(C)C. The van der Waals surface area contributed by atoms with Crippen molar-refractivity contribution >= 4 is 35.3 Å². The summed E-state index contributed by atoms with van der Waals surface area (Å²) >= 11 is 0.